The van der Waals surface area contributed by atoms with Gasteiger partial charge in [-0.3, -0.25) is 4.79 Å². The Balaban J connectivity index is 1.97. The zero-order valence-corrected chi connectivity index (χ0v) is 16.7. The summed E-state index contributed by atoms with van der Waals surface area (Å²) >= 11 is 0. The molecule has 11 heteroatoms. The predicted octanol–water partition coefficient (Wildman–Crippen LogP) is 3.17. The average Bonchev–Trinajstić information content (AvgIpc) is 2.77. The van der Waals surface area contributed by atoms with E-state index in [2.05, 4.69) is 25.1 Å². The number of alkyl halides is 2. The zero-order valence-electron chi connectivity index (χ0n) is 16.7. The highest BCUT2D eigenvalue weighted by molar-refractivity contribution is 6.02. The van der Waals surface area contributed by atoms with Crippen molar-refractivity contribution < 1.29 is 22.7 Å². The van der Waals surface area contributed by atoms with Gasteiger partial charge in [0.25, 0.3) is 17.9 Å². The van der Waals surface area contributed by atoms with Crippen molar-refractivity contribution in [3.8, 4) is 5.88 Å². The van der Waals surface area contributed by atoms with Crippen LogP contribution in [-0.4, -0.2) is 40.8 Å². The summed E-state index contributed by atoms with van der Waals surface area (Å²) in [6.07, 6.45) is -0.980. The lowest BCUT2D eigenvalue weighted by molar-refractivity contribution is 0.0396. The summed E-state index contributed by atoms with van der Waals surface area (Å²) in [6, 6.07) is 3.28. The second kappa shape index (κ2) is 8.22. The number of halogens is 3. The Morgan fingerprint density at radius 3 is 2.61 bits per heavy atom. The minimum atomic E-state index is -3.09. The zero-order chi connectivity index (χ0) is 22.8. The number of aromatic nitrogens is 2. The molecule has 1 aliphatic heterocycles. The molecule has 1 aromatic carbocycles. The average molecular weight is 432 g/mol. The first-order valence-corrected chi connectivity index (χ1v) is 9.15. The first kappa shape index (κ1) is 22.0. The Morgan fingerprint density at radius 2 is 2.06 bits per heavy atom. The van der Waals surface area contributed by atoms with Gasteiger partial charge in [0.15, 0.2) is 11.4 Å². The molecule has 0 saturated carbocycles. The molecule has 0 fully saturated rings. The molecule has 1 amide bonds. The number of hydrogen-bond donors (Lipinski definition) is 2. The lowest BCUT2D eigenvalue weighted by Gasteiger charge is -2.36. The van der Waals surface area contributed by atoms with Crippen molar-refractivity contribution in [2.45, 2.75) is 37.3 Å². The van der Waals surface area contributed by atoms with Gasteiger partial charge < -0.3 is 20.6 Å². The number of nitrogens with one attached hydrogen (secondary N) is 1. The molecule has 0 radical (unpaired) electrons. The molecule has 2 atom stereocenters. The molecule has 0 saturated heterocycles. The summed E-state index contributed by atoms with van der Waals surface area (Å²) < 4.78 is 47.9. The lowest BCUT2D eigenvalue weighted by Crippen LogP contribution is -2.49. The third kappa shape index (κ3) is 4.01. The van der Waals surface area contributed by atoms with Gasteiger partial charge in [0.1, 0.15) is 11.5 Å². The minimum absolute atomic E-state index is 0.0202. The van der Waals surface area contributed by atoms with Crippen LogP contribution in [0.5, 0.6) is 5.88 Å². The van der Waals surface area contributed by atoms with Gasteiger partial charge in [0.2, 0.25) is 5.88 Å². The molecule has 1 aromatic heterocycles. The Labute approximate surface area is 176 Å². The number of benzene rings is 1. The van der Waals surface area contributed by atoms with Gasteiger partial charge in [-0.2, -0.15) is 0 Å². The summed E-state index contributed by atoms with van der Waals surface area (Å²) in [5, 5.41) is 2.48. The van der Waals surface area contributed by atoms with E-state index in [1.807, 2.05) is 0 Å². The maximum atomic E-state index is 14.7. The number of methoxy groups -OCH3 is 1. The molecule has 1 aliphatic rings. The number of hydrogen-bond acceptors (Lipinski definition) is 6. The van der Waals surface area contributed by atoms with E-state index in [4.69, 9.17) is 17.0 Å². The smallest absolute Gasteiger partial charge is 0.285 e. The number of amidine groups is 1. The van der Waals surface area contributed by atoms with Crippen molar-refractivity contribution in [1.82, 2.24) is 9.97 Å². The van der Waals surface area contributed by atoms with Crippen LogP contribution in [0.25, 0.3) is 4.85 Å². The third-order valence-electron chi connectivity index (χ3n) is 5.23. The monoisotopic (exact) mass is 432 g/mol. The second-order valence-electron chi connectivity index (χ2n) is 7.20. The molecule has 2 aromatic rings. The molecule has 0 spiro atoms. The molecule has 162 valence electrons. The highest BCUT2D eigenvalue weighted by Gasteiger charge is 2.52. The molecule has 3 N–H and O–H groups in total. The van der Waals surface area contributed by atoms with E-state index in [9.17, 15) is 18.0 Å². The van der Waals surface area contributed by atoms with Crippen LogP contribution in [0.15, 0.2) is 35.6 Å². The van der Waals surface area contributed by atoms with Gasteiger partial charge in [-0.25, -0.2) is 34.7 Å². The highest BCUT2D eigenvalue weighted by Crippen LogP contribution is 2.45. The fraction of sp³-hybridized carbons (Fsp3) is 0.350. The number of ether oxygens (including phenoxy) is 1. The van der Waals surface area contributed by atoms with Crippen LogP contribution in [0, 0.1) is 12.4 Å². The number of nitrogens with two attached hydrogens (primary N) is 1. The van der Waals surface area contributed by atoms with E-state index in [-0.39, 0.29) is 35.9 Å². The molecular formula is C20H19F3N6O2. The Hall–Kier alpha value is -3.68. The third-order valence-corrected chi connectivity index (χ3v) is 5.23. The van der Waals surface area contributed by atoms with Crippen LogP contribution >= 0.6 is 0 Å². The second-order valence-corrected chi connectivity index (χ2v) is 7.20. The standard InChI is InChI=1S/C20H19F3N6O2/c1-19(25-2)6-7-20(17(22)23,29-18(19)24)12-8-11(4-5-13(12)21)28-16(30)14-9-27-15(31-3)10-26-14/h4-5,8-10,17H,6-7H2,1,3H3,(H2,24,29)(H,28,30)/t19-,20+/m1/s1. The van der Waals surface area contributed by atoms with Crippen molar-refractivity contribution in [1.29, 1.82) is 0 Å². The van der Waals surface area contributed by atoms with Crippen molar-refractivity contribution in [2.75, 3.05) is 12.4 Å². The molecule has 2 heterocycles. The number of amides is 1. The predicted molar refractivity (Wildman–Crippen MR) is 106 cm³/mol. The van der Waals surface area contributed by atoms with E-state index in [1.165, 1.54) is 32.5 Å². The largest absolute Gasteiger partial charge is 0.480 e. The number of rotatable bonds is 5. The van der Waals surface area contributed by atoms with Crippen LogP contribution in [0.2, 0.25) is 0 Å². The van der Waals surface area contributed by atoms with E-state index in [0.717, 1.165) is 12.1 Å². The Morgan fingerprint density at radius 1 is 1.32 bits per heavy atom. The van der Waals surface area contributed by atoms with E-state index in [1.54, 1.807) is 0 Å². The first-order valence-electron chi connectivity index (χ1n) is 9.15. The normalized spacial score (nSPS) is 23.1. The quantitative estimate of drug-likeness (QED) is 0.706. The molecular weight excluding hydrogens is 413 g/mol. The summed E-state index contributed by atoms with van der Waals surface area (Å²) in [5.41, 5.74) is 1.92. The van der Waals surface area contributed by atoms with Gasteiger partial charge in [0.05, 0.1) is 19.5 Å². The van der Waals surface area contributed by atoms with Crippen molar-refractivity contribution in [3.63, 3.8) is 0 Å². The Bertz CT molecular complexity index is 1070. The number of nitrogens with zero attached hydrogens (tertiary/aromatic N) is 4. The molecule has 0 bridgehead atoms. The Kier molecular flexibility index (Phi) is 5.83. The van der Waals surface area contributed by atoms with Crippen molar-refractivity contribution in [2.24, 2.45) is 10.7 Å². The summed E-state index contributed by atoms with van der Waals surface area (Å²) in [6.45, 7) is 8.76. The number of anilines is 1. The topological polar surface area (TPSA) is 107 Å². The van der Waals surface area contributed by atoms with Gasteiger partial charge in [0, 0.05) is 24.6 Å². The maximum Gasteiger partial charge on any atom is 0.285 e. The van der Waals surface area contributed by atoms with E-state index in [0.29, 0.717) is 0 Å². The highest BCUT2D eigenvalue weighted by atomic mass is 19.3. The van der Waals surface area contributed by atoms with Crippen LogP contribution in [0.1, 0.15) is 35.8 Å². The van der Waals surface area contributed by atoms with Gasteiger partial charge in [-0.15, -0.1) is 0 Å². The van der Waals surface area contributed by atoms with Crippen LogP contribution < -0.4 is 15.8 Å². The van der Waals surface area contributed by atoms with Crippen LogP contribution in [0.3, 0.4) is 0 Å². The summed E-state index contributed by atoms with van der Waals surface area (Å²) in [4.78, 5) is 27.4. The van der Waals surface area contributed by atoms with Crippen molar-refractivity contribution in [3.05, 3.63) is 59.1 Å². The number of aliphatic imine (C=N–C) groups is 1. The maximum absolute atomic E-state index is 14.7. The van der Waals surface area contributed by atoms with Gasteiger partial charge in [-0.05, 0) is 24.6 Å². The summed E-state index contributed by atoms with van der Waals surface area (Å²) in [5.74, 6) is -1.67. The SMILES string of the molecule is [C-]#[N+][C@]1(C)CC[C@](c2cc(NC(=O)c3cnc(OC)cn3)ccc2F)(C(F)F)N=C1N. The minimum Gasteiger partial charge on any atom is -0.480 e. The fourth-order valence-corrected chi connectivity index (χ4v) is 3.21. The molecule has 0 unspecified atom stereocenters. The lowest BCUT2D eigenvalue weighted by atomic mass is 9.78. The molecule has 3 rings (SSSR count). The first-order chi connectivity index (χ1) is 14.6. The fourth-order valence-electron chi connectivity index (χ4n) is 3.21. The van der Waals surface area contributed by atoms with Crippen LogP contribution in [0.4, 0.5) is 18.9 Å². The van der Waals surface area contributed by atoms with E-state index < -0.39 is 34.8 Å². The summed E-state index contributed by atoms with van der Waals surface area (Å²) in [7, 11) is 1.39. The number of carbonyl (C=O) groups excluding carboxylic acids is 1. The molecule has 31 heavy (non-hydrogen) atoms. The van der Waals surface area contributed by atoms with Crippen LogP contribution in [-0.2, 0) is 5.54 Å². The van der Waals surface area contributed by atoms with Gasteiger partial charge >= 0.3 is 0 Å². The van der Waals surface area contributed by atoms with Gasteiger partial charge in [-0.1, -0.05) is 0 Å². The molecule has 8 nitrogen and oxygen atoms in total. The van der Waals surface area contributed by atoms with E-state index >= 15 is 0 Å². The molecule has 0 aliphatic carbocycles. The van der Waals surface area contributed by atoms with Crippen molar-refractivity contribution >= 4 is 17.4 Å². The number of carbonyl (C=O) groups is 1.